The van der Waals surface area contributed by atoms with E-state index in [-0.39, 0.29) is 5.97 Å². The Balaban J connectivity index is 1.53. The van der Waals surface area contributed by atoms with E-state index < -0.39 is 0 Å². The lowest BCUT2D eigenvalue weighted by Crippen LogP contribution is -2.63. The quantitative estimate of drug-likeness (QED) is 0.789. The standard InChI is InChI=1S/C17H30N2O2/c1-2-21-16(20)9-3-8-15-14-7-5-11-19-10-4-6-13(12-18-15)17(14)19/h13-15,17-18H,2-12H2,1H3/t13-,14-,15+,17+/m1/s1. The molecule has 21 heavy (non-hydrogen) atoms. The van der Waals surface area contributed by atoms with Gasteiger partial charge in [-0.15, -0.1) is 0 Å². The van der Waals surface area contributed by atoms with Crippen LogP contribution in [-0.2, 0) is 9.53 Å². The van der Waals surface area contributed by atoms with Crippen molar-refractivity contribution in [3.8, 4) is 0 Å². The molecule has 3 aliphatic heterocycles. The average Bonchev–Trinajstić information content (AvgIpc) is 2.50. The zero-order valence-corrected chi connectivity index (χ0v) is 13.4. The van der Waals surface area contributed by atoms with Crippen molar-refractivity contribution < 1.29 is 9.53 Å². The van der Waals surface area contributed by atoms with Gasteiger partial charge in [0.1, 0.15) is 0 Å². The molecule has 0 spiro atoms. The molecule has 0 aliphatic carbocycles. The smallest absolute Gasteiger partial charge is 0.305 e. The van der Waals surface area contributed by atoms with E-state index in [1.165, 1.54) is 45.3 Å². The molecular weight excluding hydrogens is 264 g/mol. The van der Waals surface area contributed by atoms with Crippen LogP contribution in [0.5, 0.6) is 0 Å². The van der Waals surface area contributed by atoms with Crippen molar-refractivity contribution in [1.29, 1.82) is 0 Å². The van der Waals surface area contributed by atoms with Gasteiger partial charge < -0.3 is 10.1 Å². The molecule has 120 valence electrons. The Hall–Kier alpha value is -0.610. The third-order valence-electron chi connectivity index (χ3n) is 5.71. The van der Waals surface area contributed by atoms with E-state index in [4.69, 9.17) is 4.74 Å². The Labute approximate surface area is 128 Å². The molecule has 0 aromatic rings. The Bertz CT molecular complexity index is 352. The first kappa shape index (κ1) is 15.3. The maximum Gasteiger partial charge on any atom is 0.305 e. The van der Waals surface area contributed by atoms with E-state index in [0.717, 1.165) is 30.7 Å². The number of piperidine rings is 3. The number of hydrogen-bond acceptors (Lipinski definition) is 4. The largest absolute Gasteiger partial charge is 0.466 e. The van der Waals surface area contributed by atoms with Gasteiger partial charge in [0.15, 0.2) is 0 Å². The fourth-order valence-electron chi connectivity index (χ4n) is 4.89. The van der Waals surface area contributed by atoms with Crippen LogP contribution in [0.4, 0.5) is 0 Å². The summed E-state index contributed by atoms with van der Waals surface area (Å²) in [5.41, 5.74) is 0. The van der Waals surface area contributed by atoms with Gasteiger partial charge in [0.25, 0.3) is 0 Å². The van der Waals surface area contributed by atoms with Crippen LogP contribution in [0.3, 0.4) is 0 Å². The van der Waals surface area contributed by atoms with Gasteiger partial charge in [-0.3, -0.25) is 9.69 Å². The van der Waals surface area contributed by atoms with Crippen LogP contribution in [-0.4, -0.2) is 49.2 Å². The number of rotatable bonds is 5. The minimum atomic E-state index is -0.0332. The van der Waals surface area contributed by atoms with E-state index in [1.54, 1.807) is 0 Å². The number of nitrogens with one attached hydrogen (secondary N) is 1. The zero-order chi connectivity index (χ0) is 14.7. The SMILES string of the molecule is CCOC(=O)CCC[C@@H]1NC[C@H]2CCCN3CCC[C@H]1[C@H]23. The second-order valence-corrected chi connectivity index (χ2v) is 6.95. The van der Waals surface area contributed by atoms with Gasteiger partial charge >= 0.3 is 5.97 Å². The monoisotopic (exact) mass is 294 g/mol. The first-order valence-electron chi connectivity index (χ1n) is 8.92. The summed E-state index contributed by atoms with van der Waals surface area (Å²) >= 11 is 0. The van der Waals surface area contributed by atoms with Gasteiger partial charge in [-0.2, -0.15) is 0 Å². The second kappa shape index (κ2) is 7.10. The second-order valence-electron chi connectivity index (χ2n) is 6.95. The lowest BCUT2D eigenvalue weighted by Gasteiger charge is -2.54. The van der Waals surface area contributed by atoms with Crippen molar-refractivity contribution in [2.24, 2.45) is 11.8 Å². The summed E-state index contributed by atoms with van der Waals surface area (Å²) in [7, 11) is 0. The molecule has 3 rings (SSSR count). The minimum Gasteiger partial charge on any atom is -0.466 e. The van der Waals surface area contributed by atoms with Gasteiger partial charge in [0.05, 0.1) is 6.61 Å². The molecule has 4 heteroatoms. The zero-order valence-electron chi connectivity index (χ0n) is 13.4. The minimum absolute atomic E-state index is 0.0332. The molecule has 3 heterocycles. The summed E-state index contributed by atoms with van der Waals surface area (Å²) in [4.78, 5) is 14.2. The number of carbonyl (C=O) groups excluding carboxylic acids is 1. The molecule has 0 amide bonds. The molecule has 0 saturated carbocycles. The predicted octanol–water partition coefficient (Wildman–Crippen LogP) is 2.18. The van der Waals surface area contributed by atoms with Gasteiger partial charge in [-0.1, -0.05) is 0 Å². The van der Waals surface area contributed by atoms with Crippen molar-refractivity contribution in [1.82, 2.24) is 10.2 Å². The van der Waals surface area contributed by atoms with Crippen LogP contribution in [0.2, 0.25) is 0 Å². The lowest BCUT2D eigenvalue weighted by molar-refractivity contribution is -0.143. The number of hydrogen-bond donors (Lipinski definition) is 1. The molecular formula is C17H30N2O2. The molecule has 3 fully saturated rings. The summed E-state index contributed by atoms with van der Waals surface area (Å²) in [6, 6.07) is 1.43. The first-order valence-corrected chi connectivity index (χ1v) is 8.92. The topological polar surface area (TPSA) is 41.6 Å². The normalized spacial score (nSPS) is 36.0. The third kappa shape index (κ3) is 3.42. The molecule has 4 atom stereocenters. The molecule has 0 aromatic carbocycles. The van der Waals surface area contributed by atoms with Crippen LogP contribution in [0, 0.1) is 11.8 Å². The van der Waals surface area contributed by atoms with Crippen molar-refractivity contribution in [2.75, 3.05) is 26.2 Å². The Kier molecular flexibility index (Phi) is 5.17. The van der Waals surface area contributed by atoms with Gasteiger partial charge in [0.2, 0.25) is 0 Å². The fourth-order valence-corrected chi connectivity index (χ4v) is 4.89. The average molecular weight is 294 g/mol. The van der Waals surface area contributed by atoms with E-state index in [2.05, 4.69) is 10.2 Å². The van der Waals surface area contributed by atoms with Gasteiger partial charge in [-0.25, -0.2) is 0 Å². The molecule has 3 aliphatic rings. The van der Waals surface area contributed by atoms with Crippen LogP contribution < -0.4 is 5.32 Å². The number of ether oxygens (including phenoxy) is 1. The number of carbonyl (C=O) groups is 1. The highest BCUT2D eigenvalue weighted by Gasteiger charge is 2.45. The maximum absolute atomic E-state index is 11.5. The van der Waals surface area contributed by atoms with Gasteiger partial charge in [-0.05, 0) is 76.9 Å². The highest BCUT2D eigenvalue weighted by molar-refractivity contribution is 5.69. The van der Waals surface area contributed by atoms with E-state index >= 15 is 0 Å². The Morgan fingerprint density at radius 3 is 2.90 bits per heavy atom. The molecule has 0 aromatic heterocycles. The molecule has 4 nitrogen and oxygen atoms in total. The summed E-state index contributed by atoms with van der Waals surface area (Å²) < 4.78 is 5.03. The molecule has 0 unspecified atom stereocenters. The summed E-state index contributed by atoms with van der Waals surface area (Å²) in [5.74, 6) is 1.64. The maximum atomic E-state index is 11.5. The van der Waals surface area contributed by atoms with Crippen molar-refractivity contribution >= 4 is 5.97 Å². The Morgan fingerprint density at radius 2 is 2.10 bits per heavy atom. The molecule has 0 bridgehead atoms. The van der Waals surface area contributed by atoms with Gasteiger partial charge in [0, 0.05) is 18.5 Å². The van der Waals surface area contributed by atoms with Crippen molar-refractivity contribution in [2.45, 2.75) is 64.0 Å². The van der Waals surface area contributed by atoms with Crippen molar-refractivity contribution in [3.05, 3.63) is 0 Å². The number of esters is 1. The van der Waals surface area contributed by atoms with Crippen LogP contribution in [0.25, 0.3) is 0 Å². The summed E-state index contributed by atoms with van der Waals surface area (Å²) in [5, 5.41) is 3.80. The number of nitrogens with zero attached hydrogens (tertiary/aromatic N) is 1. The van der Waals surface area contributed by atoms with Crippen LogP contribution in [0.1, 0.15) is 51.9 Å². The summed E-state index contributed by atoms with van der Waals surface area (Å²) in [6.07, 6.45) is 8.17. The van der Waals surface area contributed by atoms with Crippen LogP contribution >= 0.6 is 0 Å². The van der Waals surface area contributed by atoms with E-state index in [1.807, 2.05) is 6.92 Å². The third-order valence-corrected chi connectivity index (χ3v) is 5.71. The highest BCUT2D eigenvalue weighted by atomic mass is 16.5. The van der Waals surface area contributed by atoms with Crippen molar-refractivity contribution in [3.63, 3.8) is 0 Å². The highest BCUT2D eigenvalue weighted by Crippen LogP contribution is 2.39. The fraction of sp³-hybridized carbons (Fsp3) is 0.941. The summed E-state index contributed by atoms with van der Waals surface area (Å²) in [6.45, 7) is 6.18. The van der Waals surface area contributed by atoms with E-state index in [9.17, 15) is 4.79 Å². The predicted molar refractivity (Wildman–Crippen MR) is 83.1 cm³/mol. The first-order chi connectivity index (χ1) is 10.3. The Morgan fingerprint density at radius 1 is 1.29 bits per heavy atom. The van der Waals surface area contributed by atoms with E-state index in [0.29, 0.717) is 19.1 Å². The molecule has 1 N–H and O–H groups in total. The van der Waals surface area contributed by atoms with Crippen LogP contribution in [0.15, 0.2) is 0 Å². The molecule has 0 radical (unpaired) electrons. The molecule has 3 saturated heterocycles. The lowest BCUT2D eigenvalue weighted by atomic mass is 9.70.